The molecule has 3 heteroatoms. The van der Waals surface area contributed by atoms with E-state index in [9.17, 15) is 5.11 Å². The molecule has 0 spiro atoms. The van der Waals surface area contributed by atoms with Crippen LogP contribution < -0.4 is 0 Å². The van der Waals surface area contributed by atoms with E-state index in [0.717, 1.165) is 26.2 Å². The molecule has 1 rings (SSSR count). The largest absolute Gasteiger partial charge is 0.392 e. The summed E-state index contributed by atoms with van der Waals surface area (Å²) in [6.45, 7) is 9.38. The second-order valence-corrected chi connectivity index (χ2v) is 4.19. The summed E-state index contributed by atoms with van der Waals surface area (Å²) in [6, 6.07) is 0. The first-order chi connectivity index (χ1) is 5.49. The Kier molecular flexibility index (Phi) is 3.09. The number of aliphatic hydroxyl groups excluding tert-OH is 1. The van der Waals surface area contributed by atoms with E-state index in [1.807, 2.05) is 6.92 Å². The molecule has 1 aliphatic heterocycles. The van der Waals surface area contributed by atoms with Crippen LogP contribution in [0.4, 0.5) is 0 Å². The Hall–Kier alpha value is -0.120. The normalized spacial score (nSPS) is 27.0. The van der Waals surface area contributed by atoms with Crippen LogP contribution in [0.1, 0.15) is 20.8 Å². The minimum atomic E-state index is -0.237. The van der Waals surface area contributed by atoms with Gasteiger partial charge in [0.2, 0.25) is 0 Å². The molecule has 1 aliphatic rings. The highest BCUT2D eigenvalue weighted by Crippen LogP contribution is 2.16. The van der Waals surface area contributed by atoms with E-state index < -0.39 is 0 Å². The number of hydrogen-bond acceptors (Lipinski definition) is 3. The first kappa shape index (κ1) is 9.96. The summed E-state index contributed by atoms with van der Waals surface area (Å²) in [5.41, 5.74) is -0.0485. The number of hydrogen-bond donors (Lipinski definition) is 1. The van der Waals surface area contributed by atoms with Gasteiger partial charge in [0.1, 0.15) is 0 Å². The number of nitrogens with zero attached hydrogens (tertiary/aromatic N) is 1. The highest BCUT2D eigenvalue weighted by Gasteiger charge is 2.27. The van der Waals surface area contributed by atoms with Gasteiger partial charge in [0, 0.05) is 19.6 Å². The van der Waals surface area contributed by atoms with Gasteiger partial charge in [-0.05, 0) is 20.8 Å². The predicted octanol–water partition coefficient (Wildman–Crippen LogP) is 0.478. The summed E-state index contributed by atoms with van der Waals surface area (Å²) in [5, 5.41) is 9.19. The zero-order chi connectivity index (χ0) is 9.19. The molecule has 0 bridgehead atoms. The third kappa shape index (κ3) is 3.09. The highest BCUT2D eigenvalue weighted by molar-refractivity contribution is 4.79. The van der Waals surface area contributed by atoms with E-state index in [4.69, 9.17) is 4.74 Å². The summed E-state index contributed by atoms with van der Waals surface area (Å²) in [5.74, 6) is 0. The van der Waals surface area contributed by atoms with E-state index in [0.29, 0.717) is 0 Å². The van der Waals surface area contributed by atoms with Gasteiger partial charge in [0.05, 0.1) is 18.3 Å². The summed E-state index contributed by atoms with van der Waals surface area (Å²) in [4.78, 5) is 2.24. The van der Waals surface area contributed by atoms with E-state index in [2.05, 4.69) is 18.7 Å². The maximum absolute atomic E-state index is 9.19. The summed E-state index contributed by atoms with van der Waals surface area (Å²) in [7, 11) is 0. The third-order valence-electron chi connectivity index (χ3n) is 2.03. The minimum Gasteiger partial charge on any atom is -0.392 e. The van der Waals surface area contributed by atoms with Gasteiger partial charge in [-0.3, -0.25) is 4.90 Å². The molecule has 1 N–H and O–H groups in total. The predicted molar refractivity (Wildman–Crippen MR) is 48.2 cm³/mol. The van der Waals surface area contributed by atoms with Crippen molar-refractivity contribution in [2.45, 2.75) is 32.5 Å². The van der Waals surface area contributed by atoms with Crippen LogP contribution in [0, 0.1) is 0 Å². The number of rotatable bonds is 2. The molecular formula is C9H19NO2. The van der Waals surface area contributed by atoms with Crippen molar-refractivity contribution in [2.75, 3.05) is 26.2 Å². The highest BCUT2D eigenvalue weighted by atomic mass is 16.5. The molecule has 1 heterocycles. The van der Waals surface area contributed by atoms with Gasteiger partial charge in [-0.15, -0.1) is 0 Å². The van der Waals surface area contributed by atoms with Gasteiger partial charge < -0.3 is 9.84 Å². The lowest BCUT2D eigenvalue weighted by atomic mass is 10.1. The lowest BCUT2D eigenvalue weighted by Crippen LogP contribution is -2.50. The number of morpholine rings is 1. The van der Waals surface area contributed by atoms with E-state index >= 15 is 0 Å². The molecule has 12 heavy (non-hydrogen) atoms. The number of ether oxygens (including phenoxy) is 1. The van der Waals surface area contributed by atoms with Crippen molar-refractivity contribution in [1.82, 2.24) is 4.90 Å². The Balaban J connectivity index is 2.36. The zero-order valence-corrected chi connectivity index (χ0v) is 8.21. The van der Waals surface area contributed by atoms with Crippen molar-refractivity contribution in [1.29, 1.82) is 0 Å². The Morgan fingerprint density at radius 3 is 2.75 bits per heavy atom. The minimum absolute atomic E-state index is 0.0485. The standard InChI is InChI=1S/C9H19NO2/c1-8(11)6-10-4-5-12-9(2,3)7-10/h8,11H,4-7H2,1-3H3. The zero-order valence-electron chi connectivity index (χ0n) is 8.21. The molecule has 1 saturated heterocycles. The maximum atomic E-state index is 9.19. The molecule has 0 saturated carbocycles. The smallest absolute Gasteiger partial charge is 0.0753 e. The second-order valence-electron chi connectivity index (χ2n) is 4.19. The summed E-state index contributed by atoms with van der Waals surface area (Å²) in [6.07, 6.45) is -0.237. The molecule has 0 radical (unpaired) electrons. The average Bonchev–Trinajstić information content (AvgIpc) is 1.82. The van der Waals surface area contributed by atoms with Crippen molar-refractivity contribution >= 4 is 0 Å². The molecular weight excluding hydrogens is 154 g/mol. The third-order valence-corrected chi connectivity index (χ3v) is 2.03. The van der Waals surface area contributed by atoms with Gasteiger partial charge in [0.25, 0.3) is 0 Å². The lowest BCUT2D eigenvalue weighted by Gasteiger charge is -2.38. The fraction of sp³-hybridized carbons (Fsp3) is 1.00. The van der Waals surface area contributed by atoms with Gasteiger partial charge in [-0.2, -0.15) is 0 Å². The van der Waals surface area contributed by atoms with Crippen LogP contribution in [0.15, 0.2) is 0 Å². The van der Waals surface area contributed by atoms with Crippen molar-refractivity contribution in [3.05, 3.63) is 0 Å². The van der Waals surface area contributed by atoms with Gasteiger partial charge in [0.15, 0.2) is 0 Å². The molecule has 0 aromatic rings. The number of β-amino-alcohol motifs (C(OH)–C–C–N with tert-alkyl or cyclic N) is 1. The van der Waals surface area contributed by atoms with Crippen LogP contribution in [0.3, 0.4) is 0 Å². The SMILES string of the molecule is CC(O)CN1CCOC(C)(C)C1. The quantitative estimate of drug-likeness (QED) is 0.659. The van der Waals surface area contributed by atoms with Crippen LogP contribution >= 0.6 is 0 Å². The molecule has 1 unspecified atom stereocenters. The molecule has 0 aromatic heterocycles. The van der Waals surface area contributed by atoms with Crippen LogP contribution in [-0.4, -0.2) is 48.0 Å². The molecule has 0 aliphatic carbocycles. The molecule has 1 fully saturated rings. The van der Waals surface area contributed by atoms with E-state index in [-0.39, 0.29) is 11.7 Å². The Bertz CT molecular complexity index is 145. The van der Waals surface area contributed by atoms with E-state index in [1.165, 1.54) is 0 Å². The number of aliphatic hydroxyl groups is 1. The topological polar surface area (TPSA) is 32.7 Å². The van der Waals surface area contributed by atoms with Gasteiger partial charge in [-0.25, -0.2) is 0 Å². The van der Waals surface area contributed by atoms with Gasteiger partial charge >= 0.3 is 0 Å². The fourth-order valence-corrected chi connectivity index (χ4v) is 1.64. The Morgan fingerprint density at radius 2 is 2.25 bits per heavy atom. The van der Waals surface area contributed by atoms with E-state index in [1.54, 1.807) is 0 Å². The molecule has 0 amide bonds. The van der Waals surface area contributed by atoms with Crippen LogP contribution in [0.25, 0.3) is 0 Å². The van der Waals surface area contributed by atoms with Gasteiger partial charge in [-0.1, -0.05) is 0 Å². The fourth-order valence-electron chi connectivity index (χ4n) is 1.64. The second kappa shape index (κ2) is 3.73. The van der Waals surface area contributed by atoms with Crippen molar-refractivity contribution in [3.8, 4) is 0 Å². The Labute approximate surface area is 74.3 Å². The van der Waals surface area contributed by atoms with Crippen LogP contribution in [0.5, 0.6) is 0 Å². The maximum Gasteiger partial charge on any atom is 0.0753 e. The van der Waals surface area contributed by atoms with Crippen LogP contribution in [-0.2, 0) is 4.74 Å². The summed E-state index contributed by atoms with van der Waals surface area (Å²) < 4.78 is 5.55. The molecule has 72 valence electrons. The monoisotopic (exact) mass is 173 g/mol. The molecule has 3 nitrogen and oxygen atoms in total. The van der Waals surface area contributed by atoms with Crippen molar-refractivity contribution < 1.29 is 9.84 Å². The van der Waals surface area contributed by atoms with Crippen molar-refractivity contribution in [3.63, 3.8) is 0 Å². The lowest BCUT2D eigenvalue weighted by molar-refractivity contribution is -0.0920. The average molecular weight is 173 g/mol. The molecule has 1 atom stereocenters. The first-order valence-electron chi connectivity index (χ1n) is 4.54. The van der Waals surface area contributed by atoms with Crippen LogP contribution in [0.2, 0.25) is 0 Å². The van der Waals surface area contributed by atoms with Crippen molar-refractivity contribution in [2.24, 2.45) is 0 Å². The molecule has 0 aromatic carbocycles. The Morgan fingerprint density at radius 1 is 1.58 bits per heavy atom. The first-order valence-corrected chi connectivity index (χ1v) is 4.54. The summed E-state index contributed by atoms with van der Waals surface area (Å²) >= 11 is 0.